The number of anilines is 1. The van der Waals surface area contributed by atoms with Crippen molar-refractivity contribution in [1.29, 1.82) is 0 Å². The second-order valence-electron chi connectivity index (χ2n) is 10.1. The number of hydrogen-bond donors (Lipinski definition) is 2. The van der Waals surface area contributed by atoms with Crippen molar-refractivity contribution in [2.75, 3.05) is 18.8 Å². The van der Waals surface area contributed by atoms with Crippen molar-refractivity contribution >= 4 is 34.5 Å². The zero-order valence-electron chi connectivity index (χ0n) is 22.4. The molecule has 1 saturated heterocycles. The van der Waals surface area contributed by atoms with Crippen molar-refractivity contribution in [3.8, 4) is 11.3 Å². The Hall–Kier alpha value is -4.81. The summed E-state index contributed by atoms with van der Waals surface area (Å²) in [5.74, 6) is -4.48. The molecular formula is C30H24F6N4O3. The number of hydrogen-bond acceptors (Lipinski definition) is 5. The van der Waals surface area contributed by atoms with Crippen LogP contribution in [0.15, 0.2) is 65.2 Å². The largest absolute Gasteiger partial charge is 0.459 e. The molecule has 0 atom stereocenters. The fraction of sp³-hybridized carbons (Fsp3) is 0.233. The van der Waals surface area contributed by atoms with Crippen LogP contribution in [0.3, 0.4) is 0 Å². The van der Waals surface area contributed by atoms with Crippen LogP contribution in [0, 0.1) is 5.82 Å². The van der Waals surface area contributed by atoms with Crippen molar-refractivity contribution < 1.29 is 40.3 Å². The second kappa shape index (κ2) is 11.5. The fourth-order valence-corrected chi connectivity index (χ4v) is 4.61. The number of amides is 2. The number of carbonyl (C=O) groups is 2. The number of nitrogens with two attached hydrogens (primary N) is 1. The molecular weight excluding hydrogens is 578 g/mol. The van der Waals surface area contributed by atoms with Gasteiger partial charge in [-0.1, -0.05) is 6.07 Å². The number of aromatic nitrogens is 1. The van der Waals surface area contributed by atoms with Crippen LogP contribution in [0.4, 0.5) is 32.0 Å². The Morgan fingerprint density at radius 1 is 1.07 bits per heavy atom. The quantitative estimate of drug-likeness (QED) is 0.150. The van der Waals surface area contributed by atoms with Crippen molar-refractivity contribution in [1.82, 2.24) is 15.2 Å². The second-order valence-corrected chi connectivity index (χ2v) is 10.1. The summed E-state index contributed by atoms with van der Waals surface area (Å²) in [6, 6.07) is 10.4. The molecule has 1 fully saturated rings. The summed E-state index contributed by atoms with van der Waals surface area (Å²) in [6.45, 7) is -0.444. The summed E-state index contributed by atoms with van der Waals surface area (Å²) >= 11 is 0. The minimum atomic E-state index is -4.78. The summed E-state index contributed by atoms with van der Waals surface area (Å²) in [6.07, 6.45) is -1.99. The lowest BCUT2D eigenvalue weighted by Crippen LogP contribution is -2.42. The number of carbonyl (C=O) groups excluding carboxylic acids is 2. The van der Waals surface area contributed by atoms with E-state index in [1.165, 1.54) is 53.6 Å². The number of rotatable bonds is 6. The molecule has 0 spiro atoms. The molecule has 224 valence electrons. The third-order valence-electron chi connectivity index (χ3n) is 6.95. The van der Waals surface area contributed by atoms with Gasteiger partial charge in [0.1, 0.15) is 17.2 Å². The molecule has 5 rings (SSSR count). The van der Waals surface area contributed by atoms with Crippen LogP contribution in [0.2, 0.25) is 0 Å². The molecule has 3 heterocycles. The highest BCUT2D eigenvalue weighted by Crippen LogP contribution is 2.39. The van der Waals surface area contributed by atoms with Gasteiger partial charge in [0.05, 0.1) is 29.1 Å². The highest BCUT2D eigenvalue weighted by Gasteiger charge is 2.37. The molecule has 13 heteroatoms. The van der Waals surface area contributed by atoms with E-state index in [-0.39, 0.29) is 53.3 Å². The van der Waals surface area contributed by atoms with E-state index in [1.807, 2.05) is 0 Å². The Balaban J connectivity index is 1.33. The van der Waals surface area contributed by atoms with Gasteiger partial charge in [0.25, 0.3) is 11.8 Å². The van der Waals surface area contributed by atoms with Gasteiger partial charge in [-0.15, -0.1) is 0 Å². The van der Waals surface area contributed by atoms with E-state index in [2.05, 4.69) is 10.3 Å². The summed E-state index contributed by atoms with van der Waals surface area (Å²) in [4.78, 5) is 30.4. The smallest absolute Gasteiger partial charge is 0.420 e. The number of nitrogens with one attached hydrogen (secondary N) is 1. The Morgan fingerprint density at radius 3 is 2.47 bits per heavy atom. The number of benzene rings is 2. The van der Waals surface area contributed by atoms with Gasteiger partial charge in [-0.25, -0.2) is 13.2 Å². The van der Waals surface area contributed by atoms with Crippen LogP contribution in [-0.4, -0.2) is 40.7 Å². The first-order chi connectivity index (χ1) is 20.3. The van der Waals surface area contributed by atoms with Crippen molar-refractivity contribution in [2.24, 2.45) is 0 Å². The van der Waals surface area contributed by atoms with Gasteiger partial charge >= 0.3 is 6.18 Å². The third-order valence-corrected chi connectivity index (χ3v) is 6.95. The Morgan fingerprint density at radius 2 is 1.81 bits per heavy atom. The molecule has 1 aliphatic heterocycles. The molecule has 2 aromatic heterocycles. The lowest BCUT2D eigenvalue weighted by Gasteiger charge is -2.31. The van der Waals surface area contributed by atoms with Crippen LogP contribution >= 0.6 is 0 Å². The van der Waals surface area contributed by atoms with Gasteiger partial charge in [0, 0.05) is 49.2 Å². The number of halogens is 6. The predicted octanol–water partition coefficient (Wildman–Crippen LogP) is 6.44. The average molecular weight is 603 g/mol. The summed E-state index contributed by atoms with van der Waals surface area (Å²) < 4.78 is 87.8. The number of nitrogens with zero attached hydrogens (tertiary/aromatic N) is 2. The van der Waals surface area contributed by atoms with E-state index in [4.69, 9.17) is 10.2 Å². The molecule has 2 aromatic carbocycles. The number of nitrogen functional groups attached to an aromatic ring is 1. The maximum absolute atomic E-state index is 14.0. The first-order valence-corrected chi connectivity index (χ1v) is 13.1. The van der Waals surface area contributed by atoms with Gasteiger partial charge in [0.2, 0.25) is 5.91 Å². The van der Waals surface area contributed by atoms with Crippen LogP contribution < -0.4 is 11.1 Å². The third kappa shape index (κ3) is 6.82. The lowest BCUT2D eigenvalue weighted by atomic mass is 10.0. The minimum absolute atomic E-state index is 0.0413. The Labute approximate surface area is 241 Å². The molecule has 0 unspecified atom stereocenters. The lowest BCUT2D eigenvalue weighted by molar-refractivity contribution is -0.136. The van der Waals surface area contributed by atoms with Gasteiger partial charge < -0.3 is 20.4 Å². The molecule has 43 heavy (non-hydrogen) atoms. The highest BCUT2D eigenvalue weighted by atomic mass is 19.4. The van der Waals surface area contributed by atoms with Crippen molar-refractivity contribution in [2.45, 2.75) is 31.5 Å². The number of fused-ring (bicyclic) bond motifs is 1. The Kier molecular flexibility index (Phi) is 7.91. The summed E-state index contributed by atoms with van der Waals surface area (Å²) in [7, 11) is 0. The number of likely N-dealkylation sites (tertiary alicyclic amines) is 1. The van der Waals surface area contributed by atoms with E-state index >= 15 is 0 Å². The molecule has 0 radical (unpaired) electrons. The predicted molar refractivity (Wildman–Crippen MR) is 146 cm³/mol. The molecule has 0 saturated carbocycles. The first-order valence-electron chi connectivity index (χ1n) is 13.1. The van der Waals surface area contributed by atoms with Crippen LogP contribution in [-0.2, 0) is 17.5 Å². The molecule has 3 N–H and O–H groups in total. The van der Waals surface area contributed by atoms with E-state index < -0.39 is 53.7 Å². The summed E-state index contributed by atoms with van der Waals surface area (Å²) in [5.41, 5.74) is 4.66. The van der Waals surface area contributed by atoms with Gasteiger partial charge in [-0.3, -0.25) is 14.6 Å². The maximum atomic E-state index is 14.0. The van der Waals surface area contributed by atoms with E-state index in [0.29, 0.717) is 5.56 Å². The average Bonchev–Trinajstić information content (AvgIpc) is 3.38. The number of piperidine rings is 1. The van der Waals surface area contributed by atoms with Gasteiger partial charge in [-0.05, 0) is 54.1 Å². The van der Waals surface area contributed by atoms with Crippen LogP contribution in [0.25, 0.3) is 28.3 Å². The molecule has 1 aliphatic rings. The number of alkyl halides is 5. The zero-order valence-corrected chi connectivity index (χ0v) is 22.4. The molecule has 2 amide bonds. The van der Waals surface area contributed by atoms with Crippen molar-refractivity contribution in [3.63, 3.8) is 0 Å². The SMILES string of the molecule is Nc1ccc(C=CC(=O)NCc2cc3cc(-c4ccc(C(=O)N5CCC(F)(F)CC5)cn4)cc(C(F)(F)F)c3o2)cc1F. The molecule has 0 aliphatic carbocycles. The van der Waals surface area contributed by atoms with Gasteiger partial charge in [0.15, 0.2) is 0 Å². The standard InChI is InChI=1S/C30H24F6N4O3/c31-23-11-17(1-4-24(23)37)2-6-26(41)39-16-21-13-20-12-19(14-22(27(20)43-21)30(34,35)36)25-5-3-18(15-38-25)28(42)40-9-7-29(32,33)8-10-40/h1-6,11-15H,7-10,16,37H2,(H,39,41). The van der Waals surface area contributed by atoms with Gasteiger partial charge in [-0.2, -0.15) is 13.2 Å². The highest BCUT2D eigenvalue weighted by molar-refractivity contribution is 5.94. The number of furan rings is 1. The summed E-state index contributed by atoms with van der Waals surface area (Å²) in [5, 5.41) is 2.61. The topological polar surface area (TPSA) is 101 Å². The van der Waals surface area contributed by atoms with E-state index in [9.17, 15) is 35.9 Å². The maximum Gasteiger partial charge on any atom is 0.420 e. The normalized spacial score (nSPS) is 15.3. The van der Waals surface area contributed by atoms with Crippen LogP contribution in [0.1, 0.15) is 40.1 Å². The zero-order chi connectivity index (χ0) is 30.9. The molecule has 7 nitrogen and oxygen atoms in total. The fourth-order valence-electron chi connectivity index (χ4n) is 4.61. The van der Waals surface area contributed by atoms with E-state index in [0.717, 1.165) is 18.2 Å². The monoisotopic (exact) mass is 602 g/mol. The molecule has 4 aromatic rings. The first kappa shape index (κ1) is 29.7. The van der Waals surface area contributed by atoms with E-state index in [1.54, 1.807) is 0 Å². The number of pyridine rings is 1. The molecule has 0 bridgehead atoms. The van der Waals surface area contributed by atoms with Crippen molar-refractivity contribution in [3.05, 3.63) is 89.1 Å². The minimum Gasteiger partial charge on any atom is -0.459 e. The van der Waals surface area contributed by atoms with Crippen LogP contribution in [0.5, 0.6) is 0 Å². The Bertz CT molecular complexity index is 1700.